The molecule has 0 bridgehead atoms. The van der Waals surface area contributed by atoms with Crippen molar-refractivity contribution < 1.29 is 47.8 Å². The summed E-state index contributed by atoms with van der Waals surface area (Å²) in [6, 6.07) is 51.1. The van der Waals surface area contributed by atoms with Crippen molar-refractivity contribution in [2.45, 2.75) is 0 Å². The Morgan fingerprint density at radius 3 is 0.847 bits per heavy atom. The summed E-state index contributed by atoms with van der Waals surface area (Å²) in [7, 11) is 1.65. The zero-order chi connectivity index (χ0) is 50.1. The average Bonchev–Trinajstić information content (AvgIpc) is 3.44. The van der Waals surface area contributed by atoms with E-state index in [1.165, 1.54) is 14.2 Å². The number of benzene rings is 11. The molecule has 72 heavy (non-hydrogen) atoms. The molecule has 0 aromatic heterocycles. The maximum Gasteiger partial charge on any atom is 0.174 e. The molecule has 0 aliphatic rings. The summed E-state index contributed by atoms with van der Waals surface area (Å²) in [6.45, 7) is 0. The van der Waals surface area contributed by atoms with Crippen LogP contribution in [0.4, 0.5) is 0 Å². The van der Waals surface area contributed by atoms with Crippen molar-refractivity contribution in [3.63, 3.8) is 0 Å². The number of ether oxygens (including phenoxy) is 6. The molecule has 0 amide bonds. The van der Waals surface area contributed by atoms with Gasteiger partial charge in [-0.15, -0.1) is 0 Å². The second kappa shape index (κ2) is 17.9. The largest absolute Gasteiger partial charge is 0.506 e. The Kier molecular flexibility index (Phi) is 11.5. The summed E-state index contributed by atoms with van der Waals surface area (Å²) >= 11 is 0. The second-order valence-electron chi connectivity index (χ2n) is 17.3. The number of hydrogen-bond acceptors (Lipinski definition) is 10. The van der Waals surface area contributed by atoms with E-state index in [0.29, 0.717) is 120 Å². The van der Waals surface area contributed by atoms with Crippen molar-refractivity contribution in [1.29, 1.82) is 0 Å². The molecule has 0 aliphatic carbocycles. The van der Waals surface area contributed by atoms with Crippen LogP contribution in [-0.2, 0) is 9.13 Å². The Morgan fingerprint density at radius 2 is 0.569 bits per heavy atom. The molecule has 0 saturated heterocycles. The van der Waals surface area contributed by atoms with Crippen molar-refractivity contribution in [3.8, 4) is 46.0 Å². The summed E-state index contributed by atoms with van der Waals surface area (Å²) in [5.41, 5.74) is 0. The highest BCUT2D eigenvalue weighted by Crippen LogP contribution is 2.57. The first kappa shape index (κ1) is 46.2. The van der Waals surface area contributed by atoms with Crippen molar-refractivity contribution in [3.05, 3.63) is 170 Å². The lowest BCUT2D eigenvalue weighted by molar-refractivity contribution is 0.362. The van der Waals surface area contributed by atoms with Gasteiger partial charge in [-0.1, -0.05) is 121 Å². The monoisotopic (exact) mass is 990 g/mol. The van der Waals surface area contributed by atoms with Gasteiger partial charge in [0.1, 0.15) is 34.5 Å². The van der Waals surface area contributed by atoms with Crippen LogP contribution in [0.25, 0.3) is 64.6 Å². The Balaban J connectivity index is 1.44. The number of rotatable bonds is 12. The Bertz CT molecular complexity index is 3720. The van der Waals surface area contributed by atoms with Crippen molar-refractivity contribution in [1.82, 2.24) is 0 Å². The van der Waals surface area contributed by atoms with Gasteiger partial charge in [-0.05, 0) is 48.5 Å². The molecule has 0 unspecified atom stereocenters. The second-order valence-corrected chi connectivity index (χ2v) is 22.8. The average molecular weight is 991 g/mol. The zero-order valence-electron chi connectivity index (χ0n) is 40.2. The number of phenols is 2. The van der Waals surface area contributed by atoms with Crippen LogP contribution in [0, 0.1) is 0 Å². The topological polar surface area (TPSA) is 130 Å². The molecule has 0 fully saturated rings. The predicted molar refractivity (Wildman–Crippen MR) is 293 cm³/mol. The van der Waals surface area contributed by atoms with Gasteiger partial charge in [-0.3, -0.25) is 0 Å². The van der Waals surface area contributed by atoms with Crippen LogP contribution in [0.1, 0.15) is 0 Å². The fourth-order valence-electron chi connectivity index (χ4n) is 10.8. The summed E-state index contributed by atoms with van der Waals surface area (Å²) < 4.78 is 70.1. The Hall–Kier alpha value is -8.16. The van der Waals surface area contributed by atoms with Gasteiger partial charge in [0.15, 0.2) is 25.8 Å². The molecule has 358 valence electrons. The van der Waals surface area contributed by atoms with E-state index in [2.05, 4.69) is 0 Å². The number of fused-ring (bicyclic) bond motifs is 11. The molecule has 11 rings (SSSR count). The minimum Gasteiger partial charge on any atom is -0.506 e. The van der Waals surface area contributed by atoms with Gasteiger partial charge in [0, 0.05) is 85.9 Å². The third-order valence-electron chi connectivity index (χ3n) is 13.9. The van der Waals surface area contributed by atoms with Crippen molar-refractivity contribution in [2.24, 2.45) is 0 Å². The normalized spacial score (nSPS) is 12.0. The smallest absolute Gasteiger partial charge is 0.174 e. The van der Waals surface area contributed by atoms with Crippen LogP contribution in [0.2, 0.25) is 0 Å². The van der Waals surface area contributed by atoms with Gasteiger partial charge in [-0.2, -0.15) is 0 Å². The van der Waals surface area contributed by atoms with E-state index < -0.39 is 14.3 Å². The SMILES string of the molecule is COc1cc(P(=O)(c2ccccc2)c2ccccc2)c(O)c2c1cc(OC)c1ccc3c(OC)c(OC)c4ccc5c(OC)cc6c(OC)cc(P(=O)(c7ccccc7)c7ccccc7)c(O)c6c5c4c3c12. The maximum atomic E-state index is 16.3. The van der Waals surface area contributed by atoms with Crippen molar-refractivity contribution in [2.75, 3.05) is 42.7 Å². The van der Waals surface area contributed by atoms with Crippen LogP contribution >= 0.6 is 14.3 Å². The van der Waals surface area contributed by atoms with E-state index in [9.17, 15) is 10.2 Å². The highest BCUT2D eigenvalue weighted by molar-refractivity contribution is 7.86. The first-order valence-corrected chi connectivity index (χ1v) is 26.5. The lowest BCUT2D eigenvalue weighted by Crippen LogP contribution is -2.25. The fraction of sp³-hybridized carbons (Fsp3) is 0.100. The van der Waals surface area contributed by atoms with E-state index in [4.69, 9.17) is 28.4 Å². The van der Waals surface area contributed by atoms with Crippen LogP contribution in [-0.4, -0.2) is 52.9 Å². The molecule has 11 aromatic carbocycles. The third-order valence-corrected chi connectivity index (χ3v) is 20.1. The lowest BCUT2D eigenvalue weighted by atomic mass is 9.87. The zero-order valence-corrected chi connectivity index (χ0v) is 42.0. The van der Waals surface area contributed by atoms with Gasteiger partial charge in [0.2, 0.25) is 0 Å². The number of methoxy groups -OCH3 is 6. The molecule has 0 atom stereocenters. The molecule has 0 saturated carbocycles. The number of hydrogen-bond donors (Lipinski definition) is 2. The van der Waals surface area contributed by atoms with Gasteiger partial charge >= 0.3 is 0 Å². The number of aromatic hydroxyl groups is 2. The molecule has 11 aromatic rings. The van der Waals surface area contributed by atoms with Gasteiger partial charge in [0.25, 0.3) is 0 Å². The molecule has 0 spiro atoms. The van der Waals surface area contributed by atoms with E-state index in [-0.39, 0.29) is 22.1 Å². The summed E-state index contributed by atoms with van der Waals surface area (Å²) in [6.07, 6.45) is 0. The quantitative estimate of drug-likeness (QED) is 0.0901. The third kappa shape index (κ3) is 6.63. The van der Waals surface area contributed by atoms with Gasteiger partial charge in [-0.25, -0.2) is 0 Å². The standard InChI is InChI=1S/C60H48O10P2/c1-65-45-31-43-47(67-3)33-49(71(63,35-19-11-7-12-20-35)36-21-13-8-14-22-36)57(61)55(43)51-39(45)27-29-41-53(51)54-42(60(70-6)59(41)69-5)30-28-40-46(66-2)32-44-48(68-4)34-50(58(62)56(44)52(40)54)72(64,37-23-15-9-16-24-37)38-25-17-10-18-26-38/h7-34,61-62H,1-6H3. The maximum absolute atomic E-state index is 16.3. The highest BCUT2D eigenvalue weighted by Gasteiger charge is 2.38. The first-order valence-electron chi connectivity index (χ1n) is 23.1. The molecule has 0 heterocycles. The van der Waals surface area contributed by atoms with Crippen molar-refractivity contribution >= 4 is 111 Å². The van der Waals surface area contributed by atoms with E-state index >= 15 is 9.13 Å². The van der Waals surface area contributed by atoms with Gasteiger partial charge in [0.05, 0.1) is 53.3 Å². The van der Waals surface area contributed by atoms with Crippen LogP contribution < -0.4 is 60.2 Å². The van der Waals surface area contributed by atoms with Crippen LogP contribution in [0.15, 0.2) is 170 Å². The molecular formula is C60H48O10P2. The molecule has 0 radical (unpaired) electrons. The lowest BCUT2D eigenvalue weighted by Gasteiger charge is -2.25. The van der Waals surface area contributed by atoms with Gasteiger partial charge < -0.3 is 47.8 Å². The van der Waals surface area contributed by atoms with E-state index in [0.717, 1.165) is 0 Å². The highest BCUT2D eigenvalue weighted by atomic mass is 31.2. The summed E-state index contributed by atoms with van der Waals surface area (Å²) in [5.74, 6) is 1.93. The van der Waals surface area contributed by atoms with Crippen LogP contribution in [0.5, 0.6) is 46.0 Å². The van der Waals surface area contributed by atoms with E-state index in [1.807, 2.05) is 158 Å². The minimum atomic E-state index is -3.86. The molecule has 0 aliphatic heterocycles. The molecule has 12 heteroatoms. The molecular weight excluding hydrogens is 943 g/mol. The predicted octanol–water partition coefficient (Wildman–Crippen LogP) is 11.3. The molecule has 2 N–H and O–H groups in total. The first-order chi connectivity index (χ1) is 35.1. The fourth-order valence-corrected chi connectivity index (χ4v) is 16.2. The van der Waals surface area contributed by atoms with E-state index in [1.54, 1.807) is 40.6 Å². The summed E-state index contributed by atoms with van der Waals surface area (Å²) in [4.78, 5) is 0. The Morgan fingerprint density at radius 1 is 0.306 bits per heavy atom. The molecule has 10 nitrogen and oxygen atoms in total. The van der Waals surface area contributed by atoms with Crippen LogP contribution in [0.3, 0.4) is 0 Å². The number of phenolic OH excluding ortho intramolecular Hbond substituents is 2. The minimum absolute atomic E-state index is 0.166. The Labute approximate surface area is 415 Å². The summed E-state index contributed by atoms with van der Waals surface area (Å²) in [5, 5.41) is 35.2.